The summed E-state index contributed by atoms with van der Waals surface area (Å²) in [5.74, 6) is -0.280. The summed E-state index contributed by atoms with van der Waals surface area (Å²) in [7, 11) is 0. The van der Waals surface area contributed by atoms with Gasteiger partial charge in [-0.1, -0.05) is 29.8 Å². The van der Waals surface area contributed by atoms with Crippen LogP contribution in [0.1, 0.15) is 23.9 Å². The first-order valence-corrected chi connectivity index (χ1v) is 11.6. The Kier molecular flexibility index (Phi) is 6.29. The number of hydrogen-bond donors (Lipinski definition) is 1. The Bertz CT molecular complexity index is 1370. The molecular formula is C24H21Cl2FN4O3. The van der Waals surface area contributed by atoms with Gasteiger partial charge in [-0.2, -0.15) is 0 Å². The average molecular weight is 503 g/mol. The average Bonchev–Trinajstić information content (AvgIpc) is 3.52. The summed E-state index contributed by atoms with van der Waals surface area (Å²) in [6.07, 6.45) is 3.78. The summed E-state index contributed by atoms with van der Waals surface area (Å²) < 4.78 is 28.3. The number of fused-ring (bicyclic) bond motifs is 2. The number of carbonyl (C=O) groups is 1. The van der Waals surface area contributed by atoms with Gasteiger partial charge in [-0.15, -0.1) is 0 Å². The molecular weight excluding hydrogens is 482 g/mol. The van der Waals surface area contributed by atoms with E-state index in [1.807, 2.05) is 16.7 Å². The van der Waals surface area contributed by atoms with Crippen LogP contribution in [0, 0.1) is 5.82 Å². The predicted octanol–water partition coefficient (Wildman–Crippen LogP) is 4.45. The van der Waals surface area contributed by atoms with Crippen LogP contribution < -0.4 is 15.5 Å². The molecule has 176 valence electrons. The summed E-state index contributed by atoms with van der Waals surface area (Å²) in [6, 6.07) is 6.98. The molecule has 1 aromatic heterocycles. The molecule has 1 fully saturated rings. The normalized spacial score (nSPS) is 19.8. The molecule has 0 radical (unpaired) electrons. The molecule has 1 N–H and O–H groups in total. The second-order valence-corrected chi connectivity index (χ2v) is 8.95. The lowest BCUT2D eigenvalue weighted by atomic mass is 9.99. The van der Waals surface area contributed by atoms with Crippen molar-refractivity contribution in [2.24, 2.45) is 4.99 Å². The molecule has 2 aliphatic rings. The fraction of sp³-hybridized carbons (Fsp3) is 0.292. The van der Waals surface area contributed by atoms with E-state index < -0.39 is 5.82 Å². The number of halogens is 3. The van der Waals surface area contributed by atoms with Crippen molar-refractivity contribution >= 4 is 45.7 Å². The first kappa shape index (κ1) is 22.8. The lowest BCUT2D eigenvalue weighted by molar-refractivity contribution is -0.116. The van der Waals surface area contributed by atoms with Crippen LogP contribution in [-0.4, -0.2) is 41.8 Å². The Morgan fingerprint density at radius 3 is 2.97 bits per heavy atom. The van der Waals surface area contributed by atoms with Gasteiger partial charge in [-0.05, 0) is 30.7 Å². The minimum absolute atomic E-state index is 0.0386. The van der Waals surface area contributed by atoms with E-state index in [1.54, 1.807) is 6.33 Å². The van der Waals surface area contributed by atoms with Gasteiger partial charge < -0.3 is 19.4 Å². The molecule has 1 unspecified atom stereocenters. The van der Waals surface area contributed by atoms with Crippen LogP contribution in [0.5, 0.6) is 5.75 Å². The van der Waals surface area contributed by atoms with E-state index in [2.05, 4.69) is 21.9 Å². The van der Waals surface area contributed by atoms with Gasteiger partial charge in [0.1, 0.15) is 11.4 Å². The Hall–Kier alpha value is -2.94. The van der Waals surface area contributed by atoms with Gasteiger partial charge in [-0.25, -0.2) is 14.4 Å². The molecule has 10 heteroatoms. The predicted molar refractivity (Wildman–Crippen MR) is 127 cm³/mol. The fourth-order valence-electron chi connectivity index (χ4n) is 4.25. The largest absolute Gasteiger partial charge is 0.493 e. The third kappa shape index (κ3) is 4.17. The van der Waals surface area contributed by atoms with Gasteiger partial charge in [0, 0.05) is 36.1 Å². The van der Waals surface area contributed by atoms with Crippen LogP contribution in [0.25, 0.3) is 10.9 Å². The molecule has 0 bridgehead atoms. The van der Waals surface area contributed by atoms with Gasteiger partial charge in [0.2, 0.25) is 5.91 Å². The van der Waals surface area contributed by atoms with Gasteiger partial charge in [0.15, 0.2) is 11.3 Å². The maximum atomic E-state index is 14.7. The van der Waals surface area contributed by atoms with Crippen molar-refractivity contribution in [2.75, 3.05) is 26.4 Å². The Balaban J connectivity index is 1.67. The van der Waals surface area contributed by atoms with Gasteiger partial charge >= 0.3 is 0 Å². The summed E-state index contributed by atoms with van der Waals surface area (Å²) in [4.78, 5) is 20.7. The maximum Gasteiger partial charge on any atom is 0.243 e. The van der Waals surface area contributed by atoms with E-state index in [0.717, 1.165) is 28.6 Å². The zero-order chi connectivity index (χ0) is 23.8. The molecule has 0 saturated carbocycles. The molecule has 2 aromatic carbocycles. The van der Waals surface area contributed by atoms with Crippen molar-refractivity contribution in [3.8, 4) is 5.75 Å². The van der Waals surface area contributed by atoms with E-state index in [1.165, 1.54) is 18.2 Å². The Morgan fingerprint density at radius 2 is 2.21 bits per heavy atom. The smallest absolute Gasteiger partial charge is 0.243 e. The molecule has 2 atom stereocenters. The molecule has 34 heavy (non-hydrogen) atoms. The number of carbonyl (C=O) groups excluding carboxylic acids is 1. The number of nitrogens with one attached hydrogen (secondary N) is 1. The molecule has 1 amide bonds. The van der Waals surface area contributed by atoms with E-state index in [-0.39, 0.29) is 33.6 Å². The van der Waals surface area contributed by atoms with Crippen molar-refractivity contribution < 1.29 is 18.7 Å². The van der Waals surface area contributed by atoms with Gasteiger partial charge in [0.25, 0.3) is 0 Å². The monoisotopic (exact) mass is 502 g/mol. The lowest BCUT2D eigenvalue weighted by Crippen LogP contribution is -2.27. The lowest BCUT2D eigenvalue weighted by Gasteiger charge is -2.17. The summed E-state index contributed by atoms with van der Waals surface area (Å²) >= 11 is 11.9. The Labute approximate surface area is 204 Å². The fourth-order valence-corrected chi connectivity index (χ4v) is 4.56. The number of amides is 1. The molecule has 3 heterocycles. The van der Waals surface area contributed by atoms with Crippen LogP contribution in [0.3, 0.4) is 0 Å². The number of ether oxygens (including phenoxy) is 2. The molecule has 1 saturated heterocycles. The van der Waals surface area contributed by atoms with Crippen molar-refractivity contribution in [2.45, 2.75) is 18.4 Å². The summed E-state index contributed by atoms with van der Waals surface area (Å²) in [6.45, 7) is 5.56. The third-order valence-electron chi connectivity index (χ3n) is 6.08. The molecule has 3 aromatic rings. The van der Waals surface area contributed by atoms with Gasteiger partial charge in [-0.3, -0.25) is 4.79 Å². The van der Waals surface area contributed by atoms with Crippen LogP contribution in [0.4, 0.5) is 10.1 Å². The van der Waals surface area contributed by atoms with Crippen molar-refractivity contribution in [3.63, 3.8) is 0 Å². The summed E-state index contributed by atoms with van der Waals surface area (Å²) in [5.41, 5.74) is 2.15. The molecule has 0 spiro atoms. The zero-order valence-electron chi connectivity index (χ0n) is 18.1. The first-order chi connectivity index (χ1) is 16.5. The molecule has 5 rings (SSSR count). The molecule has 2 aliphatic heterocycles. The van der Waals surface area contributed by atoms with Crippen molar-refractivity contribution in [1.29, 1.82) is 0 Å². The van der Waals surface area contributed by atoms with Crippen LogP contribution in [0.2, 0.25) is 10.0 Å². The second kappa shape index (κ2) is 9.37. The highest BCUT2D eigenvalue weighted by Crippen LogP contribution is 2.37. The van der Waals surface area contributed by atoms with Gasteiger partial charge in [0.05, 0.1) is 41.1 Å². The van der Waals surface area contributed by atoms with E-state index in [4.69, 9.17) is 32.7 Å². The number of benzene rings is 2. The maximum absolute atomic E-state index is 14.7. The number of hydrogen-bond acceptors (Lipinski definition) is 5. The van der Waals surface area contributed by atoms with Crippen LogP contribution in [-0.2, 0) is 9.53 Å². The van der Waals surface area contributed by atoms with E-state index in [9.17, 15) is 9.18 Å². The molecule has 0 aliphatic carbocycles. The standard InChI is InChI=1S/C24H21Cl2FN4O3/c1-2-21(32)28-9-13-10-34-20-8-19-16(7-15(13)20)24(29-12-31(19)14-5-6-33-11-14)30-18-4-3-17(25)22(26)23(18)27/h2-4,7-8,12-14H,1,5-6,9-11H2,(H,28,32)/b30-24-/t13?,14-/m0/s1. The van der Waals surface area contributed by atoms with E-state index >= 15 is 0 Å². The van der Waals surface area contributed by atoms with Crippen LogP contribution in [0.15, 0.2) is 48.2 Å². The SMILES string of the molecule is C=CC(=O)NCC1COc2cc3c(cc21)/c(=N/c1ccc(Cl)c(Cl)c1F)ncn3[C@H]1CCOC1. The molecule has 7 nitrogen and oxygen atoms in total. The summed E-state index contributed by atoms with van der Waals surface area (Å²) in [5, 5.41) is 3.47. The highest BCUT2D eigenvalue weighted by Gasteiger charge is 2.27. The first-order valence-electron chi connectivity index (χ1n) is 10.8. The van der Waals surface area contributed by atoms with Crippen molar-refractivity contribution in [1.82, 2.24) is 14.9 Å². The van der Waals surface area contributed by atoms with E-state index in [0.29, 0.717) is 31.9 Å². The number of nitrogens with zero attached hydrogens (tertiary/aromatic N) is 3. The number of rotatable bonds is 5. The second-order valence-electron chi connectivity index (χ2n) is 8.16. The highest BCUT2D eigenvalue weighted by atomic mass is 35.5. The minimum atomic E-state index is -0.709. The minimum Gasteiger partial charge on any atom is -0.493 e. The topological polar surface area (TPSA) is 77.7 Å². The third-order valence-corrected chi connectivity index (χ3v) is 6.86. The quantitative estimate of drug-likeness (QED) is 0.412. The highest BCUT2D eigenvalue weighted by molar-refractivity contribution is 6.42. The van der Waals surface area contributed by atoms with Crippen molar-refractivity contribution in [3.05, 3.63) is 70.2 Å². The van der Waals surface area contributed by atoms with Crippen LogP contribution >= 0.6 is 23.2 Å². The number of aromatic nitrogens is 2. The zero-order valence-corrected chi connectivity index (χ0v) is 19.6. The Morgan fingerprint density at radius 1 is 1.35 bits per heavy atom.